The second-order valence-corrected chi connectivity index (χ2v) is 16.2. The molecular formula is C49H52BrNO12. The number of cyclic esters (lactones) is 1. The molecule has 5 aromatic rings. The van der Waals surface area contributed by atoms with Crippen LogP contribution >= 0.6 is 15.9 Å². The number of imide groups is 1. The van der Waals surface area contributed by atoms with Gasteiger partial charge in [-0.25, -0.2) is 9.69 Å². The van der Waals surface area contributed by atoms with E-state index in [0.29, 0.717) is 23.1 Å². The molecular weight excluding hydrogens is 874 g/mol. The Morgan fingerprint density at radius 3 is 1.98 bits per heavy atom. The number of nitrogens with zero attached hydrogens (tertiary/aromatic N) is 1. The van der Waals surface area contributed by atoms with Gasteiger partial charge in [-0.15, -0.1) is 0 Å². The number of carbonyl (C=O) groups excluding carboxylic acids is 3. The molecule has 3 heterocycles. The zero-order chi connectivity index (χ0) is 44.1. The van der Waals surface area contributed by atoms with Crippen molar-refractivity contribution >= 4 is 33.9 Å². The first-order valence-corrected chi connectivity index (χ1v) is 21.8. The van der Waals surface area contributed by atoms with Crippen LogP contribution in [-0.2, 0) is 68.8 Å². The van der Waals surface area contributed by atoms with Gasteiger partial charge in [0.25, 0.3) is 0 Å². The molecule has 0 saturated carbocycles. The van der Waals surface area contributed by atoms with E-state index in [1.54, 1.807) is 6.07 Å². The van der Waals surface area contributed by atoms with Crippen molar-refractivity contribution in [2.24, 2.45) is 5.92 Å². The number of hydrogen-bond acceptors (Lipinski definition) is 12. The van der Waals surface area contributed by atoms with Crippen molar-refractivity contribution in [1.82, 2.24) is 4.90 Å². The highest BCUT2D eigenvalue weighted by Gasteiger charge is 2.49. The van der Waals surface area contributed by atoms with Crippen LogP contribution in [0, 0.1) is 5.92 Å². The van der Waals surface area contributed by atoms with Crippen molar-refractivity contribution in [3.63, 3.8) is 0 Å². The van der Waals surface area contributed by atoms with Gasteiger partial charge in [0.15, 0.2) is 12.4 Å². The minimum atomic E-state index is -1.20. The highest BCUT2D eigenvalue weighted by molar-refractivity contribution is 9.10. The lowest BCUT2D eigenvalue weighted by Crippen LogP contribution is -2.61. The number of esters is 1. The normalized spacial score (nSPS) is 22.0. The van der Waals surface area contributed by atoms with Crippen LogP contribution in [0.4, 0.5) is 4.79 Å². The van der Waals surface area contributed by atoms with Gasteiger partial charge in [0, 0.05) is 27.1 Å². The summed E-state index contributed by atoms with van der Waals surface area (Å²) >= 11 is 3.64. The molecule has 14 heteroatoms. The summed E-state index contributed by atoms with van der Waals surface area (Å²) in [7, 11) is 1.51. The van der Waals surface area contributed by atoms with E-state index < -0.39 is 66.7 Å². The highest BCUT2D eigenvalue weighted by atomic mass is 79.9. The lowest BCUT2D eigenvalue weighted by atomic mass is 9.90. The number of aryl methyl sites for hydroxylation is 1. The van der Waals surface area contributed by atoms with E-state index in [-0.39, 0.29) is 45.2 Å². The van der Waals surface area contributed by atoms with Crippen molar-refractivity contribution in [2.45, 2.75) is 82.3 Å². The SMILES string of the molecule is CO[C@H]1O[C@H](CO)[C@@H](OCc2ccccc2)[C@H](OCc2ccccc2)[C@@H]1OCCCc1oc([C@H](OC(C)=O)[C@@H](Cc2ccccc2)C(=O)N2C(=O)OC[C@H]2c2ccccc2)cc1Br. The summed E-state index contributed by atoms with van der Waals surface area (Å²) in [4.78, 5) is 41.8. The van der Waals surface area contributed by atoms with E-state index in [1.165, 1.54) is 14.0 Å². The van der Waals surface area contributed by atoms with Crippen LogP contribution < -0.4 is 0 Å². The molecule has 0 radical (unpaired) electrons. The fourth-order valence-corrected chi connectivity index (χ4v) is 8.48. The number of methoxy groups -OCH3 is 1. The van der Waals surface area contributed by atoms with Gasteiger partial charge in [-0.3, -0.25) is 9.59 Å². The molecule has 0 unspecified atom stereocenters. The molecule has 0 aliphatic carbocycles. The number of furan rings is 1. The van der Waals surface area contributed by atoms with Crippen LogP contribution in [0.2, 0.25) is 0 Å². The molecule has 2 aliphatic heterocycles. The predicted octanol–water partition coefficient (Wildman–Crippen LogP) is 8.08. The molecule has 63 heavy (non-hydrogen) atoms. The van der Waals surface area contributed by atoms with Crippen LogP contribution in [0.25, 0.3) is 0 Å². The maximum atomic E-state index is 14.7. The summed E-state index contributed by atoms with van der Waals surface area (Å²) < 4.78 is 49.8. The van der Waals surface area contributed by atoms with Gasteiger partial charge < -0.3 is 42.7 Å². The van der Waals surface area contributed by atoms with Crippen LogP contribution in [0.3, 0.4) is 0 Å². The highest BCUT2D eigenvalue weighted by Crippen LogP contribution is 2.39. The first-order valence-electron chi connectivity index (χ1n) is 21.0. The van der Waals surface area contributed by atoms with E-state index in [4.69, 9.17) is 37.6 Å². The third kappa shape index (κ3) is 11.7. The van der Waals surface area contributed by atoms with E-state index in [0.717, 1.165) is 27.2 Å². The number of carbonyl (C=O) groups is 3. The number of amides is 2. The molecule has 2 fully saturated rings. The van der Waals surface area contributed by atoms with Crippen molar-refractivity contribution < 1.29 is 57.1 Å². The van der Waals surface area contributed by atoms with Crippen LogP contribution in [0.5, 0.6) is 0 Å². The van der Waals surface area contributed by atoms with Crippen molar-refractivity contribution in [3.8, 4) is 0 Å². The first-order chi connectivity index (χ1) is 30.7. The number of aliphatic hydroxyl groups is 1. The third-order valence-electron chi connectivity index (χ3n) is 11.1. The Morgan fingerprint density at radius 2 is 1.40 bits per heavy atom. The predicted molar refractivity (Wildman–Crippen MR) is 233 cm³/mol. The molecule has 8 atom stereocenters. The molecule has 2 amide bonds. The van der Waals surface area contributed by atoms with Crippen molar-refractivity contribution in [2.75, 3.05) is 26.9 Å². The minimum absolute atomic E-state index is 0.00914. The molecule has 4 aromatic carbocycles. The van der Waals surface area contributed by atoms with Crippen LogP contribution in [0.15, 0.2) is 136 Å². The standard InChI is InChI=1S/C49H52BrNO12/c1-32(53)61-43(37(26-33-16-7-3-8-17-33)47(54)51-39(31-60-49(51)55)36-22-13-6-14-23-36)41-27-38(50)40(62-41)24-15-25-57-46-45(59-30-35-20-11-5-12-21-35)44(42(28-52)63-48(46)56-2)58-29-34-18-9-4-10-19-34/h3-14,16-23,27,37,39,42-46,48,52H,15,24-26,28-31H2,1-2H3/t37-,39+,42-,43-,44-,45+,46+,48+/m1/s1. The molecule has 1 aromatic heterocycles. The number of halogens is 1. The van der Waals surface area contributed by atoms with Gasteiger partial charge in [0.05, 0.1) is 30.2 Å². The fraction of sp³-hybridized carbons (Fsp3) is 0.367. The lowest BCUT2D eigenvalue weighted by Gasteiger charge is -2.45. The Bertz CT molecular complexity index is 2210. The Kier molecular flexibility index (Phi) is 16.3. The van der Waals surface area contributed by atoms with E-state index in [2.05, 4.69) is 15.9 Å². The Balaban J connectivity index is 1.09. The summed E-state index contributed by atoms with van der Waals surface area (Å²) in [5.41, 5.74) is 3.43. The number of aliphatic hydroxyl groups excluding tert-OH is 1. The minimum Gasteiger partial charge on any atom is -0.461 e. The number of ether oxygens (including phenoxy) is 7. The van der Waals surface area contributed by atoms with Crippen molar-refractivity contribution in [1.29, 1.82) is 0 Å². The number of hydrogen-bond donors (Lipinski definition) is 1. The zero-order valence-electron chi connectivity index (χ0n) is 35.2. The second kappa shape index (κ2) is 22.4. The smallest absolute Gasteiger partial charge is 0.417 e. The van der Waals surface area contributed by atoms with Gasteiger partial charge in [0.2, 0.25) is 5.91 Å². The molecule has 0 bridgehead atoms. The topological polar surface area (TPSA) is 152 Å². The molecule has 2 aliphatic rings. The van der Waals surface area contributed by atoms with Gasteiger partial charge in [-0.1, -0.05) is 121 Å². The number of rotatable bonds is 20. The Labute approximate surface area is 375 Å². The second-order valence-electron chi connectivity index (χ2n) is 15.4. The molecule has 13 nitrogen and oxygen atoms in total. The van der Waals surface area contributed by atoms with Gasteiger partial charge in [-0.05, 0) is 57.1 Å². The fourth-order valence-electron chi connectivity index (χ4n) is 7.98. The largest absolute Gasteiger partial charge is 0.461 e. The van der Waals surface area contributed by atoms with E-state index >= 15 is 0 Å². The Morgan fingerprint density at radius 1 is 0.810 bits per heavy atom. The summed E-state index contributed by atoms with van der Waals surface area (Å²) in [5, 5.41) is 10.4. The summed E-state index contributed by atoms with van der Waals surface area (Å²) in [6.07, 6.45) is -4.75. The van der Waals surface area contributed by atoms with Crippen molar-refractivity contribution in [3.05, 3.63) is 166 Å². The summed E-state index contributed by atoms with van der Waals surface area (Å²) in [6, 6.07) is 39.0. The zero-order valence-corrected chi connectivity index (χ0v) is 36.7. The van der Waals surface area contributed by atoms with E-state index in [9.17, 15) is 19.5 Å². The molecule has 2 saturated heterocycles. The van der Waals surface area contributed by atoms with Crippen LogP contribution in [-0.4, -0.2) is 85.6 Å². The third-order valence-corrected chi connectivity index (χ3v) is 11.7. The Hall–Kier alpha value is -5.19. The number of benzene rings is 4. The molecule has 0 spiro atoms. The van der Waals surface area contributed by atoms with Crippen LogP contribution in [0.1, 0.15) is 59.3 Å². The first kappa shape index (κ1) is 45.8. The quantitative estimate of drug-likeness (QED) is 0.0594. The van der Waals surface area contributed by atoms with Gasteiger partial charge >= 0.3 is 12.1 Å². The average molecular weight is 927 g/mol. The van der Waals surface area contributed by atoms with Gasteiger partial charge in [0.1, 0.15) is 48.6 Å². The maximum Gasteiger partial charge on any atom is 0.417 e. The molecule has 332 valence electrons. The molecule has 7 rings (SSSR count). The van der Waals surface area contributed by atoms with Gasteiger partial charge in [-0.2, -0.15) is 0 Å². The maximum absolute atomic E-state index is 14.7. The summed E-state index contributed by atoms with van der Waals surface area (Å²) in [6.45, 7) is 1.67. The molecule has 1 N–H and O–H groups in total. The lowest BCUT2D eigenvalue weighted by molar-refractivity contribution is -0.319. The summed E-state index contributed by atoms with van der Waals surface area (Å²) in [5.74, 6) is -1.49. The van der Waals surface area contributed by atoms with E-state index in [1.807, 2.05) is 121 Å². The average Bonchev–Trinajstić information content (AvgIpc) is 3.89. The monoisotopic (exact) mass is 925 g/mol.